The van der Waals surface area contributed by atoms with Crippen molar-refractivity contribution in [1.29, 1.82) is 5.26 Å². The fourth-order valence-corrected chi connectivity index (χ4v) is 7.32. The van der Waals surface area contributed by atoms with E-state index in [2.05, 4.69) is 51.2 Å². The highest BCUT2D eigenvalue weighted by atomic mass is 35.5. The Bertz CT molecular complexity index is 1870. The number of ether oxygens (including phenoxy) is 1. The Kier molecular flexibility index (Phi) is 9.15. The van der Waals surface area contributed by atoms with Crippen LogP contribution in [0, 0.1) is 11.3 Å². The number of carbonyl (C=O) groups excluding carboxylic acids is 1. The van der Waals surface area contributed by atoms with Crippen LogP contribution in [0.25, 0.3) is 16.8 Å². The lowest BCUT2D eigenvalue weighted by molar-refractivity contribution is -0.131. The van der Waals surface area contributed by atoms with E-state index in [1.807, 2.05) is 18.2 Å². The summed E-state index contributed by atoms with van der Waals surface area (Å²) < 4.78 is 26.1. The van der Waals surface area contributed by atoms with Crippen molar-refractivity contribution in [2.45, 2.75) is 44.3 Å². The van der Waals surface area contributed by atoms with Gasteiger partial charge < -0.3 is 28.9 Å². The van der Waals surface area contributed by atoms with Crippen LogP contribution in [0.5, 0.6) is 6.01 Å². The first kappa shape index (κ1) is 31.8. The van der Waals surface area contributed by atoms with Crippen molar-refractivity contribution in [3.63, 3.8) is 0 Å². The second kappa shape index (κ2) is 13.8. The molecule has 5 heterocycles. The lowest BCUT2D eigenvalue weighted by atomic mass is 10.0. The van der Waals surface area contributed by atoms with E-state index < -0.39 is 17.8 Å². The Morgan fingerprint density at radius 1 is 1.12 bits per heavy atom. The molecule has 2 atom stereocenters. The summed E-state index contributed by atoms with van der Waals surface area (Å²) in [6.07, 6.45) is 5.25. The molecule has 2 aromatic heterocycles. The largest absolute Gasteiger partial charge is 0.462 e. The van der Waals surface area contributed by atoms with Gasteiger partial charge in [-0.1, -0.05) is 41.0 Å². The molecule has 13 heteroatoms. The van der Waals surface area contributed by atoms with E-state index in [0.717, 1.165) is 65.5 Å². The number of rotatable bonds is 8. The summed E-state index contributed by atoms with van der Waals surface area (Å²) in [6, 6.07) is 15.8. The number of piperazine rings is 1. The van der Waals surface area contributed by atoms with Gasteiger partial charge in [0.25, 0.3) is 5.91 Å². The molecule has 0 bridgehead atoms. The summed E-state index contributed by atoms with van der Waals surface area (Å²) in [6.45, 7) is 3.70. The monoisotopic (exact) mass is 670 g/mol. The molecule has 2 saturated heterocycles. The highest BCUT2D eigenvalue weighted by molar-refractivity contribution is 6.36. The standard InChI is InChI=1S/C35H36ClFN8O3/c1-42-14-4-7-26(42)22-47-35-39-30-21-43(31-9-3-6-23-5-2-8-28(36)32(23)31)15-11-27(30)33(40-35)44-16-17-45(25(20-44)10-13-38)34(46)29(37)19-24-12-18-48-41-24/h2-3,5-6,8-9,12,18-19,25-26H,4,7,10-11,14-17,20-22H2,1H3/b29-19-. The molecule has 2 aromatic carbocycles. The average molecular weight is 671 g/mol. The first-order chi connectivity index (χ1) is 23.4. The minimum absolute atomic E-state index is 0.0414. The lowest BCUT2D eigenvalue weighted by Crippen LogP contribution is -2.56. The number of amides is 1. The zero-order valence-electron chi connectivity index (χ0n) is 26.7. The van der Waals surface area contributed by atoms with Crippen LogP contribution in [-0.2, 0) is 17.8 Å². The van der Waals surface area contributed by atoms with Gasteiger partial charge in [0, 0.05) is 61.0 Å². The number of hydrogen-bond donors (Lipinski definition) is 0. The Morgan fingerprint density at radius 2 is 1.98 bits per heavy atom. The summed E-state index contributed by atoms with van der Waals surface area (Å²) in [5.41, 5.74) is 3.12. The van der Waals surface area contributed by atoms with Gasteiger partial charge in [0.1, 0.15) is 24.4 Å². The van der Waals surface area contributed by atoms with E-state index in [0.29, 0.717) is 43.7 Å². The summed E-state index contributed by atoms with van der Waals surface area (Å²) in [5, 5.41) is 16.1. The van der Waals surface area contributed by atoms with Gasteiger partial charge in [-0.3, -0.25) is 4.79 Å². The molecule has 3 aliphatic heterocycles. The number of fused-ring (bicyclic) bond motifs is 2. The second-order valence-electron chi connectivity index (χ2n) is 12.5. The number of nitrogens with zero attached hydrogens (tertiary/aromatic N) is 8. The number of carbonyl (C=O) groups is 1. The third kappa shape index (κ3) is 6.40. The molecule has 4 aromatic rings. The molecule has 1 amide bonds. The number of likely N-dealkylation sites (tertiary alicyclic amines) is 1. The van der Waals surface area contributed by atoms with E-state index in [1.165, 1.54) is 17.2 Å². The maximum absolute atomic E-state index is 15.0. The third-order valence-electron chi connectivity index (χ3n) is 9.58. The van der Waals surface area contributed by atoms with Crippen molar-refractivity contribution < 1.29 is 18.4 Å². The number of anilines is 2. The molecule has 7 rings (SSSR count). The van der Waals surface area contributed by atoms with Crippen molar-refractivity contribution in [2.24, 2.45) is 0 Å². The zero-order valence-corrected chi connectivity index (χ0v) is 27.4. The molecule has 11 nitrogen and oxygen atoms in total. The predicted molar refractivity (Wildman–Crippen MR) is 180 cm³/mol. The van der Waals surface area contributed by atoms with E-state index in [9.17, 15) is 10.1 Å². The molecule has 248 valence electrons. The minimum Gasteiger partial charge on any atom is -0.462 e. The number of benzene rings is 2. The van der Waals surface area contributed by atoms with Gasteiger partial charge in [0.05, 0.1) is 35.8 Å². The van der Waals surface area contributed by atoms with Gasteiger partial charge in [0.15, 0.2) is 5.83 Å². The quantitative estimate of drug-likeness (QED) is 0.230. The number of nitriles is 1. The van der Waals surface area contributed by atoms with Crippen LogP contribution in [0.1, 0.15) is 36.2 Å². The summed E-state index contributed by atoms with van der Waals surface area (Å²) in [5.74, 6) is -1.00. The second-order valence-corrected chi connectivity index (χ2v) is 12.9. The van der Waals surface area contributed by atoms with Gasteiger partial charge >= 0.3 is 6.01 Å². The van der Waals surface area contributed by atoms with Crippen LogP contribution < -0.4 is 14.5 Å². The van der Waals surface area contributed by atoms with Gasteiger partial charge in [0.2, 0.25) is 0 Å². The lowest BCUT2D eigenvalue weighted by Gasteiger charge is -2.42. The van der Waals surface area contributed by atoms with Gasteiger partial charge in [-0.25, -0.2) is 4.39 Å². The summed E-state index contributed by atoms with van der Waals surface area (Å²) >= 11 is 6.71. The number of aromatic nitrogens is 3. The first-order valence-corrected chi connectivity index (χ1v) is 16.6. The normalized spacial score (nSPS) is 20.2. The highest BCUT2D eigenvalue weighted by Gasteiger charge is 2.35. The highest BCUT2D eigenvalue weighted by Crippen LogP contribution is 2.37. The maximum Gasteiger partial charge on any atom is 0.318 e. The van der Waals surface area contributed by atoms with Crippen molar-refractivity contribution in [1.82, 2.24) is 24.9 Å². The Morgan fingerprint density at radius 3 is 2.75 bits per heavy atom. The predicted octanol–water partition coefficient (Wildman–Crippen LogP) is 5.25. The van der Waals surface area contributed by atoms with E-state index >= 15 is 4.39 Å². The molecule has 0 spiro atoms. The van der Waals surface area contributed by atoms with Crippen LogP contribution in [-0.4, -0.2) is 89.3 Å². The Balaban J connectivity index is 1.19. The molecular weight excluding hydrogens is 635 g/mol. The zero-order chi connectivity index (χ0) is 33.2. The van der Waals surface area contributed by atoms with Gasteiger partial charge in [-0.05, 0) is 50.4 Å². The molecule has 2 fully saturated rings. The molecule has 0 saturated carbocycles. The van der Waals surface area contributed by atoms with Crippen LogP contribution in [0.15, 0.2) is 59.1 Å². The van der Waals surface area contributed by atoms with Crippen molar-refractivity contribution in [3.05, 3.63) is 76.5 Å². The van der Waals surface area contributed by atoms with Gasteiger partial charge in [-0.15, -0.1) is 0 Å². The molecule has 0 radical (unpaired) electrons. The van der Waals surface area contributed by atoms with E-state index in [-0.39, 0.29) is 24.7 Å². The van der Waals surface area contributed by atoms with Crippen molar-refractivity contribution >= 4 is 45.9 Å². The number of halogens is 2. The van der Waals surface area contributed by atoms with Crippen LogP contribution >= 0.6 is 11.6 Å². The minimum atomic E-state index is -0.957. The first-order valence-electron chi connectivity index (χ1n) is 16.2. The molecular formula is C35H36ClFN8O3. The Labute approximate surface area is 283 Å². The SMILES string of the molecule is CN1CCCC1COc1nc2c(c(N3CCN(C(=O)/C(F)=C/c4ccon4)C(CC#N)C3)n1)CCN(c1cccc3cccc(Cl)c13)C2. The number of hydrogen-bond acceptors (Lipinski definition) is 10. The van der Waals surface area contributed by atoms with Crippen molar-refractivity contribution in [2.75, 3.05) is 56.2 Å². The topological polar surface area (TPSA) is 115 Å². The molecule has 0 aliphatic carbocycles. The van der Waals surface area contributed by atoms with Gasteiger partial charge in [-0.2, -0.15) is 15.2 Å². The van der Waals surface area contributed by atoms with Crippen LogP contribution in [0.4, 0.5) is 15.9 Å². The van der Waals surface area contributed by atoms with Crippen LogP contribution in [0.3, 0.4) is 0 Å². The summed E-state index contributed by atoms with van der Waals surface area (Å²) in [4.78, 5) is 31.2. The fourth-order valence-electron chi connectivity index (χ4n) is 7.04. The maximum atomic E-state index is 15.0. The molecule has 48 heavy (non-hydrogen) atoms. The molecule has 2 unspecified atom stereocenters. The smallest absolute Gasteiger partial charge is 0.318 e. The summed E-state index contributed by atoms with van der Waals surface area (Å²) in [7, 11) is 2.10. The average Bonchev–Trinajstić information content (AvgIpc) is 3.77. The van der Waals surface area contributed by atoms with Crippen LogP contribution in [0.2, 0.25) is 5.02 Å². The third-order valence-corrected chi connectivity index (χ3v) is 9.89. The van der Waals surface area contributed by atoms with Crippen molar-refractivity contribution in [3.8, 4) is 12.1 Å². The fraction of sp³-hybridized carbons (Fsp3) is 0.400. The molecule has 0 N–H and O–H groups in total. The Hall–Kier alpha value is -4.73. The van der Waals surface area contributed by atoms with E-state index in [1.54, 1.807) is 0 Å². The van der Waals surface area contributed by atoms with E-state index in [4.69, 9.17) is 30.8 Å². The molecule has 3 aliphatic rings. The number of likely N-dealkylation sites (N-methyl/N-ethyl adjacent to an activating group) is 1.